The molecule has 0 radical (unpaired) electrons. The van der Waals surface area contributed by atoms with Crippen molar-refractivity contribution in [2.75, 3.05) is 25.0 Å². The van der Waals surface area contributed by atoms with Gasteiger partial charge in [-0.15, -0.1) is 0 Å². The first kappa shape index (κ1) is 21.0. The van der Waals surface area contributed by atoms with Gasteiger partial charge in [0.25, 0.3) is 5.91 Å². The summed E-state index contributed by atoms with van der Waals surface area (Å²) in [4.78, 5) is 27.7. The summed E-state index contributed by atoms with van der Waals surface area (Å²) in [5.41, 5.74) is 0.641. The summed E-state index contributed by atoms with van der Waals surface area (Å²) in [6, 6.07) is 6.01. The van der Waals surface area contributed by atoms with Gasteiger partial charge >= 0.3 is 7.12 Å². The Morgan fingerprint density at radius 3 is 2.19 bits per heavy atom. The van der Waals surface area contributed by atoms with Crippen molar-refractivity contribution >= 4 is 30.1 Å². The topological polar surface area (TPSA) is 77.1 Å². The van der Waals surface area contributed by atoms with E-state index in [4.69, 9.17) is 14.0 Å². The van der Waals surface area contributed by atoms with Gasteiger partial charge in [0.15, 0.2) is 0 Å². The lowest BCUT2D eigenvalue weighted by Gasteiger charge is -2.44. The standard InChI is InChI=1S/C23H31BN2O5/c1-20(2)21(3,4)31-24(30-20)15-6-7-16-17(14-15)25-18(27)23(16)8-11-26(12-9-23)19(28)22(5)10-13-29-22/h6-7,14H,8-13H2,1-5H3,(H,25,27). The Bertz CT molecular complexity index is 931. The second-order valence-electron chi connectivity index (χ2n) is 10.6. The number of anilines is 1. The van der Waals surface area contributed by atoms with Gasteiger partial charge in [0.1, 0.15) is 5.60 Å². The summed E-state index contributed by atoms with van der Waals surface area (Å²) in [6.07, 6.45) is 1.99. The number of nitrogens with zero attached hydrogens (tertiary/aromatic N) is 1. The van der Waals surface area contributed by atoms with Gasteiger partial charge in [-0.2, -0.15) is 0 Å². The molecule has 4 aliphatic heterocycles. The van der Waals surface area contributed by atoms with Crippen LogP contribution in [-0.4, -0.2) is 60.3 Å². The zero-order chi connectivity index (χ0) is 22.2. The highest BCUT2D eigenvalue weighted by molar-refractivity contribution is 6.62. The number of ether oxygens (including phenoxy) is 1. The Morgan fingerprint density at radius 1 is 1.03 bits per heavy atom. The molecule has 1 aromatic carbocycles. The fourth-order valence-electron chi connectivity index (χ4n) is 5.07. The molecule has 3 saturated heterocycles. The van der Waals surface area contributed by atoms with E-state index >= 15 is 0 Å². The van der Waals surface area contributed by atoms with Gasteiger partial charge in [-0.3, -0.25) is 9.59 Å². The van der Waals surface area contributed by atoms with Crippen molar-refractivity contribution in [2.24, 2.45) is 0 Å². The Balaban J connectivity index is 1.35. The maximum Gasteiger partial charge on any atom is 0.494 e. The number of hydrogen-bond acceptors (Lipinski definition) is 5. The number of carbonyl (C=O) groups is 2. The molecule has 5 rings (SSSR count). The van der Waals surface area contributed by atoms with E-state index in [9.17, 15) is 9.59 Å². The van der Waals surface area contributed by atoms with E-state index in [1.165, 1.54) is 0 Å². The molecular weight excluding hydrogens is 395 g/mol. The number of benzene rings is 1. The lowest BCUT2D eigenvalue weighted by atomic mass is 9.71. The molecule has 1 spiro atoms. The van der Waals surface area contributed by atoms with Gasteiger partial charge in [-0.1, -0.05) is 12.1 Å². The summed E-state index contributed by atoms with van der Waals surface area (Å²) >= 11 is 0. The van der Waals surface area contributed by atoms with Gasteiger partial charge < -0.3 is 24.3 Å². The van der Waals surface area contributed by atoms with Crippen LogP contribution >= 0.6 is 0 Å². The van der Waals surface area contributed by atoms with Crippen molar-refractivity contribution in [3.8, 4) is 0 Å². The number of amides is 2. The fourth-order valence-corrected chi connectivity index (χ4v) is 5.07. The van der Waals surface area contributed by atoms with E-state index in [1.54, 1.807) is 0 Å². The number of carbonyl (C=O) groups excluding carboxylic acids is 2. The quantitative estimate of drug-likeness (QED) is 0.732. The second-order valence-corrected chi connectivity index (χ2v) is 10.6. The van der Waals surface area contributed by atoms with Gasteiger partial charge in [0, 0.05) is 25.2 Å². The molecule has 0 aromatic heterocycles. The molecule has 4 heterocycles. The highest BCUT2D eigenvalue weighted by atomic mass is 16.7. The van der Waals surface area contributed by atoms with Crippen LogP contribution < -0.4 is 10.8 Å². The smallest absolute Gasteiger partial charge is 0.399 e. The van der Waals surface area contributed by atoms with Crippen molar-refractivity contribution in [3.63, 3.8) is 0 Å². The molecule has 8 heteroatoms. The molecule has 0 bridgehead atoms. The number of piperidine rings is 1. The molecule has 7 nitrogen and oxygen atoms in total. The van der Waals surface area contributed by atoms with Gasteiger partial charge in [0.05, 0.1) is 23.2 Å². The normalized spacial score (nSPS) is 30.2. The van der Waals surface area contributed by atoms with Crippen LogP contribution in [0.5, 0.6) is 0 Å². The third kappa shape index (κ3) is 2.98. The number of hydrogen-bond donors (Lipinski definition) is 1. The maximum atomic E-state index is 13.1. The van der Waals surface area contributed by atoms with Crippen molar-refractivity contribution in [3.05, 3.63) is 23.8 Å². The van der Waals surface area contributed by atoms with Crippen LogP contribution in [0, 0.1) is 0 Å². The molecular formula is C23H31BN2O5. The van der Waals surface area contributed by atoms with Crippen molar-refractivity contribution < 1.29 is 23.6 Å². The van der Waals surface area contributed by atoms with Gasteiger partial charge in [-0.05, 0) is 64.6 Å². The molecule has 1 N–H and O–H groups in total. The Kier molecular flexibility index (Phi) is 4.44. The van der Waals surface area contributed by atoms with Crippen molar-refractivity contribution in [2.45, 2.75) is 76.1 Å². The first-order valence-corrected chi connectivity index (χ1v) is 11.2. The fraction of sp³-hybridized carbons (Fsp3) is 0.652. The van der Waals surface area contributed by atoms with Crippen LogP contribution in [0.15, 0.2) is 18.2 Å². The largest absolute Gasteiger partial charge is 0.494 e. The number of nitrogens with one attached hydrogen (secondary N) is 1. The number of likely N-dealkylation sites (tertiary alicyclic amines) is 1. The summed E-state index contributed by atoms with van der Waals surface area (Å²) < 4.78 is 17.9. The predicted molar refractivity (Wildman–Crippen MR) is 117 cm³/mol. The highest BCUT2D eigenvalue weighted by Crippen LogP contribution is 2.45. The first-order chi connectivity index (χ1) is 14.5. The molecule has 1 atom stereocenters. The van der Waals surface area contributed by atoms with E-state index in [-0.39, 0.29) is 11.8 Å². The van der Waals surface area contributed by atoms with E-state index in [0.717, 1.165) is 23.1 Å². The van der Waals surface area contributed by atoms with E-state index in [2.05, 4.69) is 5.32 Å². The Labute approximate surface area is 183 Å². The molecule has 0 aliphatic carbocycles. The van der Waals surface area contributed by atoms with E-state index in [0.29, 0.717) is 32.5 Å². The lowest BCUT2D eigenvalue weighted by Crippen LogP contribution is -2.58. The molecule has 2 amide bonds. The van der Waals surface area contributed by atoms with Crippen LogP contribution in [-0.2, 0) is 29.0 Å². The molecule has 1 unspecified atom stereocenters. The van der Waals surface area contributed by atoms with Crippen molar-refractivity contribution in [1.82, 2.24) is 4.90 Å². The van der Waals surface area contributed by atoms with Crippen LogP contribution in [0.3, 0.4) is 0 Å². The van der Waals surface area contributed by atoms with Crippen molar-refractivity contribution in [1.29, 1.82) is 0 Å². The van der Waals surface area contributed by atoms with Gasteiger partial charge in [-0.25, -0.2) is 0 Å². The SMILES string of the molecule is CC1(C(=O)N2CCC3(CC2)C(=O)Nc2cc(B4OC(C)(C)C(C)(C)O4)ccc23)CCO1. The zero-order valence-corrected chi connectivity index (χ0v) is 19.0. The number of fused-ring (bicyclic) bond motifs is 2. The van der Waals surface area contributed by atoms with E-state index < -0.39 is 29.3 Å². The minimum atomic E-state index is -0.682. The zero-order valence-electron chi connectivity index (χ0n) is 19.0. The van der Waals surface area contributed by atoms with Crippen LogP contribution in [0.4, 0.5) is 5.69 Å². The average Bonchev–Trinajstić information content (AvgIpc) is 3.08. The Hall–Kier alpha value is -1.90. The van der Waals surface area contributed by atoms with Crippen LogP contribution in [0.2, 0.25) is 0 Å². The monoisotopic (exact) mass is 426 g/mol. The van der Waals surface area contributed by atoms with Gasteiger partial charge in [0.2, 0.25) is 5.91 Å². The first-order valence-electron chi connectivity index (χ1n) is 11.2. The molecule has 4 aliphatic rings. The Morgan fingerprint density at radius 2 is 1.65 bits per heavy atom. The lowest BCUT2D eigenvalue weighted by molar-refractivity contribution is -0.183. The third-order valence-electron chi connectivity index (χ3n) is 8.12. The molecule has 166 valence electrons. The minimum absolute atomic E-state index is 0.0202. The molecule has 3 fully saturated rings. The summed E-state index contributed by atoms with van der Waals surface area (Å²) in [5.74, 6) is 0.0649. The van der Waals surface area contributed by atoms with E-state index in [1.807, 2.05) is 57.7 Å². The maximum absolute atomic E-state index is 13.1. The summed E-state index contributed by atoms with van der Waals surface area (Å²) in [5, 5.41) is 3.08. The predicted octanol–water partition coefficient (Wildman–Crippen LogP) is 1.98. The number of rotatable bonds is 2. The van der Waals surface area contributed by atoms with Crippen LogP contribution in [0.25, 0.3) is 0 Å². The minimum Gasteiger partial charge on any atom is -0.399 e. The van der Waals surface area contributed by atoms with Crippen LogP contribution in [0.1, 0.15) is 59.4 Å². The second kappa shape index (κ2) is 6.56. The summed E-state index contributed by atoms with van der Waals surface area (Å²) in [7, 11) is -0.466. The third-order valence-corrected chi connectivity index (χ3v) is 8.12. The molecule has 0 saturated carbocycles. The highest BCUT2D eigenvalue weighted by Gasteiger charge is 2.54. The summed E-state index contributed by atoms with van der Waals surface area (Å²) in [6.45, 7) is 11.7. The molecule has 1 aromatic rings. The average molecular weight is 426 g/mol. The molecule has 31 heavy (non-hydrogen) atoms.